The molecule has 0 aliphatic carbocycles. The summed E-state index contributed by atoms with van der Waals surface area (Å²) >= 11 is 0. The largest absolute Gasteiger partial charge is 0.493 e. The number of nitrogens with one attached hydrogen (secondary N) is 1. The molecule has 0 unspecified atom stereocenters. The lowest BCUT2D eigenvalue weighted by atomic mass is 10.2. The zero-order chi connectivity index (χ0) is 24.1. The van der Waals surface area contributed by atoms with Crippen molar-refractivity contribution in [1.29, 1.82) is 0 Å². The van der Waals surface area contributed by atoms with Gasteiger partial charge in [-0.05, 0) is 30.3 Å². The van der Waals surface area contributed by atoms with Crippen LogP contribution < -0.4 is 10.1 Å². The first-order chi connectivity index (χ1) is 16.5. The molecule has 0 radical (unpaired) electrons. The SMILES string of the molecule is COCCCOc1ccnc(-c2ccnc(Nc3ccc4cc(C(=O)N(C)C)n(C)c4c3)n2)c1. The van der Waals surface area contributed by atoms with Gasteiger partial charge in [-0.3, -0.25) is 9.78 Å². The van der Waals surface area contributed by atoms with Crippen LogP contribution in [0.15, 0.2) is 54.9 Å². The van der Waals surface area contributed by atoms with Crippen LogP contribution in [-0.4, -0.2) is 64.7 Å². The van der Waals surface area contributed by atoms with E-state index in [9.17, 15) is 4.79 Å². The van der Waals surface area contributed by atoms with Crippen molar-refractivity contribution in [1.82, 2.24) is 24.4 Å². The normalized spacial score (nSPS) is 10.9. The Morgan fingerprint density at radius 1 is 1.03 bits per heavy atom. The minimum absolute atomic E-state index is 0.0401. The summed E-state index contributed by atoms with van der Waals surface area (Å²) in [6.07, 6.45) is 4.20. The first-order valence-corrected chi connectivity index (χ1v) is 11.0. The van der Waals surface area contributed by atoms with Gasteiger partial charge in [-0.25, -0.2) is 9.97 Å². The van der Waals surface area contributed by atoms with E-state index in [1.807, 2.05) is 54.1 Å². The number of methoxy groups -OCH3 is 1. The molecule has 0 fully saturated rings. The Bertz CT molecular complexity index is 1300. The maximum atomic E-state index is 12.4. The molecule has 0 saturated carbocycles. The summed E-state index contributed by atoms with van der Waals surface area (Å²) in [5, 5.41) is 4.24. The van der Waals surface area contributed by atoms with E-state index < -0.39 is 0 Å². The zero-order valence-corrected chi connectivity index (χ0v) is 19.8. The van der Waals surface area contributed by atoms with Gasteiger partial charge in [0, 0.05) is 70.8 Å². The van der Waals surface area contributed by atoms with Crippen LogP contribution in [0.1, 0.15) is 16.9 Å². The van der Waals surface area contributed by atoms with Crippen LogP contribution >= 0.6 is 0 Å². The van der Waals surface area contributed by atoms with Crippen LogP contribution in [0.2, 0.25) is 0 Å². The van der Waals surface area contributed by atoms with Crippen molar-refractivity contribution in [3.05, 3.63) is 60.6 Å². The van der Waals surface area contributed by atoms with E-state index in [4.69, 9.17) is 9.47 Å². The quantitative estimate of drug-likeness (QED) is 0.379. The fourth-order valence-electron chi connectivity index (χ4n) is 3.57. The highest BCUT2D eigenvalue weighted by Gasteiger charge is 2.15. The van der Waals surface area contributed by atoms with Crippen LogP contribution in [0.5, 0.6) is 5.75 Å². The van der Waals surface area contributed by atoms with Crippen molar-refractivity contribution in [3.63, 3.8) is 0 Å². The van der Waals surface area contributed by atoms with Gasteiger partial charge in [0.1, 0.15) is 11.4 Å². The fourth-order valence-corrected chi connectivity index (χ4v) is 3.57. The first kappa shape index (κ1) is 23.2. The van der Waals surface area contributed by atoms with Crippen molar-refractivity contribution in [2.45, 2.75) is 6.42 Å². The summed E-state index contributed by atoms with van der Waals surface area (Å²) in [6, 6.07) is 13.3. The van der Waals surface area contributed by atoms with Crippen LogP contribution in [0.25, 0.3) is 22.3 Å². The summed E-state index contributed by atoms with van der Waals surface area (Å²) in [5.41, 5.74) is 3.76. The zero-order valence-electron chi connectivity index (χ0n) is 19.8. The number of anilines is 2. The predicted octanol–water partition coefficient (Wildman–Crippen LogP) is 3.89. The van der Waals surface area contributed by atoms with Crippen molar-refractivity contribution in [2.24, 2.45) is 7.05 Å². The number of pyridine rings is 1. The molecular weight excluding hydrogens is 432 g/mol. The Kier molecular flexibility index (Phi) is 7.03. The molecule has 4 aromatic rings. The van der Waals surface area contributed by atoms with E-state index in [1.165, 1.54) is 0 Å². The Labute approximate surface area is 198 Å². The second kappa shape index (κ2) is 10.3. The predicted molar refractivity (Wildman–Crippen MR) is 131 cm³/mol. The lowest BCUT2D eigenvalue weighted by Crippen LogP contribution is -2.23. The average molecular weight is 461 g/mol. The van der Waals surface area contributed by atoms with Crippen molar-refractivity contribution >= 4 is 28.4 Å². The molecule has 3 heterocycles. The van der Waals surface area contributed by atoms with Crippen molar-refractivity contribution < 1.29 is 14.3 Å². The third-order valence-electron chi connectivity index (χ3n) is 5.34. The van der Waals surface area contributed by atoms with Gasteiger partial charge in [-0.15, -0.1) is 0 Å². The molecular formula is C25H28N6O3. The number of amides is 1. The monoisotopic (exact) mass is 460 g/mol. The standard InChI is InChI=1S/C25H28N6O3/c1-30(2)24(32)23-14-17-6-7-18(15-22(17)31(23)3)28-25-27-11-9-20(29-25)21-16-19(8-10-26-21)34-13-5-12-33-4/h6-11,14-16H,5,12-13H2,1-4H3,(H,27,28,29). The molecule has 9 nitrogen and oxygen atoms in total. The van der Waals surface area contributed by atoms with E-state index in [1.54, 1.807) is 38.5 Å². The topological polar surface area (TPSA) is 94.4 Å². The van der Waals surface area contributed by atoms with Gasteiger partial charge >= 0.3 is 0 Å². The van der Waals surface area contributed by atoms with Crippen molar-refractivity contribution in [3.8, 4) is 17.1 Å². The molecule has 0 spiro atoms. The number of hydrogen-bond acceptors (Lipinski definition) is 7. The highest BCUT2D eigenvalue weighted by atomic mass is 16.5. The van der Waals surface area contributed by atoms with Gasteiger partial charge in [-0.2, -0.15) is 0 Å². The molecule has 0 aliphatic heterocycles. The van der Waals surface area contributed by atoms with Crippen LogP contribution in [0.4, 0.5) is 11.6 Å². The summed E-state index contributed by atoms with van der Waals surface area (Å²) in [5.74, 6) is 1.14. The smallest absolute Gasteiger partial charge is 0.269 e. The lowest BCUT2D eigenvalue weighted by molar-refractivity contribution is 0.0819. The van der Waals surface area contributed by atoms with E-state index in [2.05, 4.69) is 20.3 Å². The molecule has 0 saturated heterocycles. The second-order valence-electron chi connectivity index (χ2n) is 8.02. The fraction of sp³-hybridized carbons (Fsp3) is 0.280. The number of nitrogens with zero attached hydrogens (tertiary/aromatic N) is 5. The maximum Gasteiger partial charge on any atom is 0.269 e. The van der Waals surface area contributed by atoms with Crippen LogP contribution in [0, 0.1) is 0 Å². The summed E-state index contributed by atoms with van der Waals surface area (Å²) in [4.78, 5) is 27.4. The Morgan fingerprint density at radius 3 is 2.65 bits per heavy atom. The Hall–Kier alpha value is -3.98. The van der Waals surface area contributed by atoms with Gasteiger partial charge in [-0.1, -0.05) is 6.07 Å². The van der Waals surface area contributed by atoms with E-state index in [-0.39, 0.29) is 5.91 Å². The molecule has 1 amide bonds. The molecule has 34 heavy (non-hydrogen) atoms. The van der Waals surface area contributed by atoms with Gasteiger partial charge in [0.05, 0.1) is 23.5 Å². The van der Waals surface area contributed by atoms with Gasteiger partial charge in [0.2, 0.25) is 5.95 Å². The Morgan fingerprint density at radius 2 is 1.85 bits per heavy atom. The average Bonchev–Trinajstić information content (AvgIpc) is 3.17. The number of benzene rings is 1. The number of aryl methyl sites for hydroxylation is 1. The molecule has 3 aromatic heterocycles. The number of carbonyl (C=O) groups is 1. The molecule has 0 bridgehead atoms. The molecule has 4 rings (SSSR count). The number of aromatic nitrogens is 4. The summed E-state index contributed by atoms with van der Waals surface area (Å²) < 4.78 is 12.7. The minimum Gasteiger partial charge on any atom is -0.493 e. The second-order valence-corrected chi connectivity index (χ2v) is 8.02. The molecule has 0 atom stereocenters. The van der Waals surface area contributed by atoms with E-state index >= 15 is 0 Å². The third-order valence-corrected chi connectivity index (χ3v) is 5.34. The van der Waals surface area contributed by atoms with E-state index in [0.717, 1.165) is 28.8 Å². The Balaban J connectivity index is 1.54. The van der Waals surface area contributed by atoms with Crippen molar-refractivity contribution in [2.75, 3.05) is 39.7 Å². The summed E-state index contributed by atoms with van der Waals surface area (Å²) in [6.45, 7) is 1.22. The minimum atomic E-state index is -0.0401. The molecule has 1 aromatic carbocycles. The number of rotatable bonds is 9. The highest BCUT2D eigenvalue weighted by molar-refractivity contribution is 5.99. The third kappa shape index (κ3) is 5.15. The van der Waals surface area contributed by atoms with Gasteiger partial charge in [0.15, 0.2) is 0 Å². The van der Waals surface area contributed by atoms with Crippen LogP contribution in [0.3, 0.4) is 0 Å². The first-order valence-electron chi connectivity index (χ1n) is 11.0. The molecule has 0 aliphatic rings. The molecule has 176 valence electrons. The summed E-state index contributed by atoms with van der Waals surface area (Å²) in [7, 11) is 7.05. The van der Waals surface area contributed by atoms with Gasteiger partial charge in [0.25, 0.3) is 5.91 Å². The lowest BCUT2D eigenvalue weighted by Gasteiger charge is -2.11. The number of fused-ring (bicyclic) bond motifs is 1. The molecule has 1 N–H and O–H groups in total. The maximum absolute atomic E-state index is 12.4. The number of hydrogen-bond donors (Lipinski definition) is 1. The number of carbonyl (C=O) groups excluding carboxylic acids is 1. The van der Waals surface area contributed by atoms with Crippen LogP contribution in [-0.2, 0) is 11.8 Å². The highest BCUT2D eigenvalue weighted by Crippen LogP contribution is 2.26. The molecule has 9 heteroatoms. The van der Waals surface area contributed by atoms with E-state index in [0.29, 0.717) is 36.2 Å². The number of ether oxygens (including phenoxy) is 2. The van der Waals surface area contributed by atoms with Gasteiger partial charge < -0.3 is 24.3 Å².